The number of ether oxygens (including phenoxy) is 1. The molecule has 0 radical (unpaired) electrons. The molecule has 0 bridgehead atoms. The molecule has 1 aromatic rings. The fourth-order valence-electron chi connectivity index (χ4n) is 2.43. The van der Waals surface area contributed by atoms with Crippen LogP contribution in [-0.2, 0) is 4.79 Å². The summed E-state index contributed by atoms with van der Waals surface area (Å²) in [6.45, 7) is 0.117. The van der Waals surface area contributed by atoms with Gasteiger partial charge in [0, 0.05) is 6.07 Å². The van der Waals surface area contributed by atoms with Gasteiger partial charge in [-0.1, -0.05) is 25.3 Å². The van der Waals surface area contributed by atoms with E-state index in [1.165, 1.54) is 12.1 Å². The van der Waals surface area contributed by atoms with Crippen LogP contribution in [0.1, 0.15) is 32.1 Å². The Morgan fingerprint density at radius 1 is 1.33 bits per heavy atom. The number of carbonyl (C=O) groups is 1. The van der Waals surface area contributed by atoms with E-state index in [0.29, 0.717) is 18.6 Å². The van der Waals surface area contributed by atoms with Gasteiger partial charge in [0.05, 0.1) is 0 Å². The van der Waals surface area contributed by atoms with E-state index in [0.717, 1.165) is 19.3 Å². The highest BCUT2D eigenvalue weighted by atomic mass is 19.1. The van der Waals surface area contributed by atoms with Crippen LogP contribution in [0.2, 0.25) is 0 Å². The van der Waals surface area contributed by atoms with Gasteiger partial charge in [0.1, 0.15) is 23.6 Å². The highest BCUT2D eigenvalue weighted by Crippen LogP contribution is 2.37. The van der Waals surface area contributed by atoms with E-state index in [9.17, 15) is 14.3 Å². The lowest BCUT2D eigenvalue weighted by Gasteiger charge is -2.32. The maximum absolute atomic E-state index is 13.0. The van der Waals surface area contributed by atoms with Crippen LogP contribution in [0.25, 0.3) is 0 Å². The SMILES string of the molecule is O=C(O)C1(COc2cccc(F)c2)CCCCC1. The number of hydrogen-bond acceptors (Lipinski definition) is 2. The van der Waals surface area contributed by atoms with Crippen molar-refractivity contribution in [3.63, 3.8) is 0 Å². The molecule has 1 aromatic carbocycles. The number of rotatable bonds is 4. The second kappa shape index (κ2) is 5.38. The fourth-order valence-corrected chi connectivity index (χ4v) is 2.43. The molecule has 1 saturated carbocycles. The highest BCUT2D eigenvalue weighted by Gasteiger charge is 2.40. The average Bonchev–Trinajstić information content (AvgIpc) is 2.37. The number of benzene rings is 1. The third-order valence-electron chi connectivity index (χ3n) is 3.58. The lowest BCUT2D eigenvalue weighted by Crippen LogP contribution is -2.38. The van der Waals surface area contributed by atoms with Crippen LogP contribution in [0, 0.1) is 11.2 Å². The number of carboxylic acid groups (broad SMARTS) is 1. The Kier molecular flexibility index (Phi) is 3.84. The van der Waals surface area contributed by atoms with Crippen LogP contribution < -0.4 is 4.74 Å². The van der Waals surface area contributed by atoms with Gasteiger partial charge in [0.25, 0.3) is 0 Å². The van der Waals surface area contributed by atoms with Crippen molar-refractivity contribution in [1.82, 2.24) is 0 Å². The summed E-state index contributed by atoms with van der Waals surface area (Å²) in [5.74, 6) is -0.791. The molecular formula is C14H17FO3. The summed E-state index contributed by atoms with van der Waals surface area (Å²) in [4.78, 5) is 11.4. The maximum Gasteiger partial charge on any atom is 0.313 e. The van der Waals surface area contributed by atoms with E-state index in [1.54, 1.807) is 12.1 Å². The summed E-state index contributed by atoms with van der Waals surface area (Å²) in [6, 6.07) is 5.80. The van der Waals surface area contributed by atoms with Crippen molar-refractivity contribution in [1.29, 1.82) is 0 Å². The Morgan fingerprint density at radius 3 is 2.67 bits per heavy atom. The zero-order chi connectivity index (χ0) is 13.0. The Balaban J connectivity index is 2.04. The quantitative estimate of drug-likeness (QED) is 0.894. The van der Waals surface area contributed by atoms with Gasteiger partial charge < -0.3 is 9.84 Å². The van der Waals surface area contributed by atoms with Gasteiger partial charge in [-0.3, -0.25) is 4.79 Å². The van der Waals surface area contributed by atoms with Crippen molar-refractivity contribution >= 4 is 5.97 Å². The minimum absolute atomic E-state index is 0.117. The summed E-state index contributed by atoms with van der Waals surface area (Å²) in [5, 5.41) is 9.37. The molecule has 1 aliphatic carbocycles. The minimum Gasteiger partial charge on any atom is -0.492 e. The molecule has 3 nitrogen and oxygen atoms in total. The van der Waals surface area contributed by atoms with Crippen LogP contribution in [0.5, 0.6) is 5.75 Å². The molecular weight excluding hydrogens is 235 g/mol. The zero-order valence-electron chi connectivity index (χ0n) is 10.2. The Hall–Kier alpha value is -1.58. The Labute approximate surface area is 106 Å². The molecule has 0 aromatic heterocycles. The average molecular weight is 252 g/mol. The molecule has 0 heterocycles. The van der Waals surface area contributed by atoms with Crippen LogP contribution in [0.3, 0.4) is 0 Å². The summed E-state index contributed by atoms with van der Waals surface area (Å²) >= 11 is 0. The predicted molar refractivity (Wildman–Crippen MR) is 65.0 cm³/mol. The van der Waals surface area contributed by atoms with E-state index in [4.69, 9.17) is 4.74 Å². The first kappa shape index (κ1) is 12.9. The second-order valence-electron chi connectivity index (χ2n) is 4.89. The molecule has 1 N–H and O–H groups in total. The Morgan fingerprint density at radius 2 is 2.06 bits per heavy atom. The first-order valence-electron chi connectivity index (χ1n) is 6.24. The molecule has 1 fully saturated rings. The highest BCUT2D eigenvalue weighted by molar-refractivity contribution is 5.75. The fraction of sp³-hybridized carbons (Fsp3) is 0.500. The molecule has 18 heavy (non-hydrogen) atoms. The minimum atomic E-state index is -0.807. The zero-order valence-corrected chi connectivity index (χ0v) is 10.2. The molecule has 0 unspecified atom stereocenters. The van der Waals surface area contributed by atoms with E-state index in [2.05, 4.69) is 0 Å². The van der Waals surface area contributed by atoms with Gasteiger partial charge in [-0.15, -0.1) is 0 Å². The smallest absolute Gasteiger partial charge is 0.313 e. The normalized spacial score (nSPS) is 18.3. The first-order valence-corrected chi connectivity index (χ1v) is 6.24. The third-order valence-corrected chi connectivity index (χ3v) is 3.58. The molecule has 0 amide bonds. The van der Waals surface area contributed by atoms with Gasteiger partial charge in [-0.05, 0) is 25.0 Å². The molecule has 0 spiro atoms. The van der Waals surface area contributed by atoms with Crippen molar-refractivity contribution in [3.05, 3.63) is 30.1 Å². The standard InChI is InChI=1S/C14H17FO3/c15-11-5-4-6-12(9-11)18-10-14(13(16)17)7-2-1-3-8-14/h4-6,9H,1-3,7-8,10H2,(H,16,17). The number of hydrogen-bond donors (Lipinski definition) is 1. The molecule has 2 rings (SSSR count). The largest absolute Gasteiger partial charge is 0.492 e. The lowest BCUT2D eigenvalue weighted by atomic mass is 9.75. The van der Waals surface area contributed by atoms with Gasteiger partial charge in [0.15, 0.2) is 0 Å². The molecule has 0 aliphatic heterocycles. The molecule has 0 atom stereocenters. The van der Waals surface area contributed by atoms with Gasteiger partial charge in [-0.2, -0.15) is 0 Å². The maximum atomic E-state index is 13.0. The topological polar surface area (TPSA) is 46.5 Å². The van der Waals surface area contributed by atoms with Crippen LogP contribution in [0.4, 0.5) is 4.39 Å². The van der Waals surface area contributed by atoms with Crippen molar-refractivity contribution in [3.8, 4) is 5.75 Å². The number of carboxylic acids is 1. The second-order valence-corrected chi connectivity index (χ2v) is 4.89. The van der Waals surface area contributed by atoms with Crippen molar-refractivity contribution in [2.75, 3.05) is 6.61 Å². The summed E-state index contributed by atoms with van der Waals surface area (Å²) < 4.78 is 18.5. The number of aliphatic carboxylic acids is 1. The lowest BCUT2D eigenvalue weighted by molar-refractivity contribution is -0.153. The van der Waals surface area contributed by atoms with Crippen molar-refractivity contribution in [2.45, 2.75) is 32.1 Å². The third kappa shape index (κ3) is 2.81. The summed E-state index contributed by atoms with van der Waals surface area (Å²) in [7, 11) is 0. The predicted octanol–water partition coefficient (Wildman–Crippen LogP) is 3.24. The van der Waals surface area contributed by atoms with E-state index < -0.39 is 11.4 Å². The summed E-state index contributed by atoms with van der Waals surface area (Å²) in [5.41, 5.74) is -0.801. The molecule has 0 saturated heterocycles. The summed E-state index contributed by atoms with van der Waals surface area (Å²) in [6.07, 6.45) is 4.18. The number of halogens is 1. The molecule has 4 heteroatoms. The van der Waals surface area contributed by atoms with E-state index >= 15 is 0 Å². The van der Waals surface area contributed by atoms with Crippen LogP contribution >= 0.6 is 0 Å². The molecule has 1 aliphatic rings. The van der Waals surface area contributed by atoms with Gasteiger partial charge in [-0.25, -0.2) is 4.39 Å². The van der Waals surface area contributed by atoms with Gasteiger partial charge in [0.2, 0.25) is 0 Å². The van der Waals surface area contributed by atoms with Crippen molar-refractivity contribution in [2.24, 2.45) is 5.41 Å². The first-order chi connectivity index (χ1) is 8.62. The van der Waals surface area contributed by atoms with E-state index in [-0.39, 0.29) is 12.4 Å². The van der Waals surface area contributed by atoms with Crippen LogP contribution in [-0.4, -0.2) is 17.7 Å². The van der Waals surface area contributed by atoms with Crippen LogP contribution in [0.15, 0.2) is 24.3 Å². The van der Waals surface area contributed by atoms with Crippen molar-refractivity contribution < 1.29 is 19.0 Å². The van der Waals surface area contributed by atoms with E-state index in [1.807, 2.05) is 0 Å². The molecule has 98 valence electrons. The Bertz CT molecular complexity index is 425. The van der Waals surface area contributed by atoms with Gasteiger partial charge >= 0.3 is 5.97 Å². The monoisotopic (exact) mass is 252 g/mol.